The van der Waals surface area contributed by atoms with Gasteiger partial charge in [-0.1, -0.05) is 0 Å². The van der Waals surface area contributed by atoms with Crippen LogP contribution < -0.4 is 5.32 Å². The number of hydrogen-bond donors (Lipinski definition) is 1. The van der Waals surface area contributed by atoms with Crippen LogP contribution in [-0.2, 0) is 19.8 Å². The second-order valence-electron chi connectivity index (χ2n) is 4.80. The third kappa shape index (κ3) is 2.78. The van der Waals surface area contributed by atoms with Gasteiger partial charge >= 0.3 is 6.18 Å². The van der Waals surface area contributed by atoms with Gasteiger partial charge in [-0.05, 0) is 35.2 Å². The molecule has 0 unspecified atom stereocenters. The van der Waals surface area contributed by atoms with Gasteiger partial charge in [0.05, 0.1) is 11.0 Å². The SMILES string of the molecule is Cn1c(NCc2csc(C(F)(F)F)c2)nc2ccc(F)cc21. The first-order valence-electron chi connectivity index (χ1n) is 6.35. The molecule has 0 bridgehead atoms. The summed E-state index contributed by atoms with van der Waals surface area (Å²) in [6, 6.07) is 5.34. The topological polar surface area (TPSA) is 29.9 Å². The Hall–Kier alpha value is -2.09. The first kappa shape index (κ1) is 14.8. The number of halogens is 4. The maximum Gasteiger partial charge on any atom is 0.425 e. The summed E-state index contributed by atoms with van der Waals surface area (Å²) in [4.78, 5) is 3.66. The van der Waals surface area contributed by atoms with Gasteiger partial charge in [0, 0.05) is 13.6 Å². The summed E-state index contributed by atoms with van der Waals surface area (Å²) in [5, 5.41) is 4.43. The molecule has 0 atom stereocenters. The van der Waals surface area contributed by atoms with E-state index >= 15 is 0 Å². The quantitative estimate of drug-likeness (QED) is 0.722. The molecule has 0 aliphatic heterocycles. The smallest absolute Gasteiger partial charge is 0.352 e. The van der Waals surface area contributed by atoms with Crippen LogP contribution in [0.5, 0.6) is 0 Å². The van der Waals surface area contributed by atoms with Crippen molar-refractivity contribution in [2.24, 2.45) is 7.05 Å². The fraction of sp³-hybridized carbons (Fsp3) is 0.214. The number of anilines is 1. The average Bonchev–Trinajstić information content (AvgIpc) is 3.02. The van der Waals surface area contributed by atoms with Crippen LogP contribution in [0, 0.1) is 5.82 Å². The Labute approximate surface area is 127 Å². The number of nitrogens with zero attached hydrogens (tertiary/aromatic N) is 2. The molecule has 3 aromatic rings. The van der Waals surface area contributed by atoms with Crippen molar-refractivity contribution >= 4 is 28.3 Å². The number of aromatic nitrogens is 2. The lowest BCUT2D eigenvalue weighted by molar-refractivity contribution is -0.134. The van der Waals surface area contributed by atoms with E-state index in [9.17, 15) is 17.6 Å². The number of alkyl halides is 3. The Morgan fingerprint density at radius 3 is 2.73 bits per heavy atom. The maximum absolute atomic E-state index is 13.2. The van der Waals surface area contributed by atoms with Crippen molar-refractivity contribution in [3.8, 4) is 0 Å². The van der Waals surface area contributed by atoms with Crippen molar-refractivity contribution in [2.45, 2.75) is 12.7 Å². The maximum atomic E-state index is 13.2. The van der Waals surface area contributed by atoms with Gasteiger partial charge in [-0.25, -0.2) is 9.37 Å². The van der Waals surface area contributed by atoms with E-state index in [1.807, 2.05) is 0 Å². The van der Waals surface area contributed by atoms with Gasteiger partial charge in [0.25, 0.3) is 0 Å². The Bertz CT molecular complexity index is 819. The number of aryl methyl sites for hydroxylation is 1. The summed E-state index contributed by atoms with van der Waals surface area (Å²) in [5.74, 6) is 0.107. The molecular formula is C14H11F4N3S. The van der Waals surface area contributed by atoms with E-state index in [1.165, 1.54) is 17.5 Å². The van der Waals surface area contributed by atoms with E-state index in [1.54, 1.807) is 17.7 Å². The molecule has 0 fully saturated rings. The van der Waals surface area contributed by atoms with Crippen molar-refractivity contribution < 1.29 is 17.6 Å². The Kier molecular flexibility index (Phi) is 3.56. The number of nitrogens with one attached hydrogen (secondary N) is 1. The van der Waals surface area contributed by atoms with E-state index in [4.69, 9.17) is 0 Å². The summed E-state index contributed by atoms with van der Waals surface area (Å²) in [7, 11) is 1.71. The summed E-state index contributed by atoms with van der Waals surface area (Å²) in [6.07, 6.45) is -4.32. The van der Waals surface area contributed by atoms with Gasteiger partial charge in [0.1, 0.15) is 10.7 Å². The third-order valence-electron chi connectivity index (χ3n) is 3.23. The van der Waals surface area contributed by atoms with E-state index in [-0.39, 0.29) is 12.4 Å². The second kappa shape index (κ2) is 5.28. The number of benzene rings is 1. The summed E-state index contributed by atoms with van der Waals surface area (Å²) < 4.78 is 52.5. The van der Waals surface area contributed by atoms with Gasteiger partial charge in [0.15, 0.2) is 0 Å². The van der Waals surface area contributed by atoms with Gasteiger partial charge in [-0.3, -0.25) is 0 Å². The highest BCUT2D eigenvalue weighted by Gasteiger charge is 2.32. The fourth-order valence-electron chi connectivity index (χ4n) is 2.12. The summed E-state index contributed by atoms with van der Waals surface area (Å²) in [5.41, 5.74) is 1.76. The molecule has 3 rings (SSSR count). The molecule has 8 heteroatoms. The molecule has 0 radical (unpaired) electrons. The van der Waals surface area contributed by atoms with Gasteiger partial charge in [0.2, 0.25) is 5.95 Å². The van der Waals surface area contributed by atoms with Crippen LogP contribution in [0.25, 0.3) is 11.0 Å². The van der Waals surface area contributed by atoms with Gasteiger partial charge in [-0.15, -0.1) is 11.3 Å². The first-order valence-corrected chi connectivity index (χ1v) is 7.23. The highest BCUT2D eigenvalue weighted by Crippen LogP contribution is 2.34. The van der Waals surface area contributed by atoms with Crippen LogP contribution in [0.1, 0.15) is 10.4 Å². The second-order valence-corrected chi connectivity index (χ2v) is 5.71. The molecular weight excluding hydrogens is 318 g/mol. The Balaban J connectivity index is 1.79. The van der Waals surface area contributed by atoms with Crippen LogP contribution in [0.2, 0.25) is 0 Å². The van der Waals surface area contributed by atoms with E-state index in [0.29, 0.717) is 33.9 Å². The number of thiophene rings is 1. The molecule has 0 saturated carbocycles. The summed E-state index contributed by atoms with van der Waals surface area (Å²) in [6.45, 7) is 0.215. The van der Waals surface area contributed by atoms with Crippen molar-refractivity contribution in [3.05, 3.63) is 45.9 Å². The van der Waals surface area contributed by atoms with Crippen LogP contribution in [0.3, 0.4) is 0 Å². The first-order chi connectivity index (χ1) is 10.3. The molecule has 0 spiro atoms. The molecule has 116 valence electrons. The normalized spacial score (nSPS) is 12.0. The zero-order valence-corrected chi connectivity index (χ0v) is 12.2. The zero-order chi connectivity index (χ0) is 15.9. The molecule has 2 aromatic heterocycles. The average molecular weight is 329 g/mol. The fourth-order valence-corrected chi connectivity index (χ4v) is 2.90. The van der Waals surface area contributed by atoms with Crippen LogP contribution in [-0.4, -0.2) is 9.55 Å². The van der Waals surface area contributed by atoms with E-state index in [0.717, 1.165) is 6.07 Å². The minimum absolute atomic E-state index is 0.215. The number of fused-ring (bicyclic) bond motifs is 1. The van der Waals surface area contributed by atoms with Crippen molar-refractivity contribution in [2.75, 3.05) is 5.32 Å². The molecule has 1 N–H and O–H groups in total. The molecule has 0 aliphatic rings. The predicted octanol–water partition coefficient (Wildman–Crippen LogP) is 4.40. The van der Waals surface area contributed by atoms with Gasteiger partial charge < -0.3 is 9.88 Å². The third-order valence-corrected chi connectivity index (χ3v) is 4.25. The highest BCUT2D eigenvalue weighted by atomic mass is 32.1. The molecule has 1 aromatic carbocycles. The zero-order valence-electron chi connectivity index (χ0n) is 11.4. The largest absolute Gasteiger partial charge is 0.425 e. The highest BCUT2D eigenvalue weighted by molar-refractivity contribution is 7.10. The Morgan fingerprint density at radius 2 is 2.05 bits per heavy atom. The molecule has 2 heterocycles. The lowest BCUT2D eigenvalue weighted by atomic mass is 10.3. The molecule has 0 aliphatic carbocycles. The van der Waals surface area contributed by atoms with Crippen molar-refractivity contribution in [1.82, 2.24) is 9.55 Å². The lowest BCUT2D eigenvalue weighted by Gasteiger charge is -2.05. The minimum atomic E-state index is -4.32. The van der Waals surface area contributed by atoms with Crippen LogP contribution in [0.15, 0.2) is 29.6 Å². The van der Waals surface area contributed by atoms with Crippen molar-refractivity contribution in [3.63, 3.8) is 0 Å². The van der Waals surface area contributed by atoms with Crippen LogP contribution >= 0.6 is 11.3 Å². The molecule has 3 nitrogen and oxygen atoms in total. The monoisotopic (exact) mass is 329 g/mol. The van der Waals surface area contributed by atoms with Gasteiger partial charge in [-0.2, -0.15) is 13.2 Å². The number of hydrogen-bond acceptors (Lipinski definition) is 3. The Morgan fingerprint density at radius 1 is 1.27 bits per heavy atom. The summed E-state index contributed by atoms with van der Waals surface area (Å²) >= 11 is 0.661. The lowest BCUT2D eigenvalue weighted by Crippen LogP contribution is -2.05. The molecule has 0 saturated heterocycles. The van der Waals surface area contributed by atoms with E-state index < -0.39 is 11.1 Å². The standard InChI is InChI=1S/C14H11F4N3S/c1-21-11-5-9(15)2-3-10(11)20-13(21)19-6-8-4-12(22-7-8)14(16,17)18/h2-5,7H,6H2,1H3,(H,19,20). The van der Waals surface area contributed by atoms with Crippen LogP contribution in [0.4, 0.5) is 23.5 Å². The van der Waals surface area contributed by atoms with Crippen molar-refractivity contribution in [1.29, 1.82) is 0 Å². The number of rotatable bonds is 3. The molecule has 0 amide bonds. The predicted molar refractivity (Wildman–Crippen MR) is 77.3 cm³/mol. The minimum Gasteiger partial charge on any atom is -0.352 e. The number of imidazole rings is 1. The molecule has 22 heavy (non-hydrogen) atoms. The van der Waals surface area contributed by atoms with E-state index in [2.05, 4.69) is 10.3 Å².